The molecule has 2 aromatic heterocycles. The number of nitrogens with zero attached hydrogens (tertiary/aromatic N) is 1. The van der Waals surface area contributed by atoms with Gasteiger partial charge in [-0.15, -0.1) is 11.3 Å². The number of amides is 2. The summed E-state index contributed by atoms with van der Waals surface area (Å²) in [4.78, 5) is 45.4. The molecule has 1 unspecified atom stereocenters. The Balaban J connectivity index is 2.22. The Morgan fingerprint density at radius 3 is 2.50 bits per heavy atom. The quantitative estimate of drug-likeness (QED) is 0.448. The van der Waals surface area contributed by atoms with Gasteiger partial charge in [-0.2, -0.15) is 13.2 Å². The van der Waals surface area contributed by atoms with Crippen LogP contribution in [0.5, 0.6) is 0 Å². The zero-order valence-corrected chi connectivity index (χ0v) is 19.6. The monoisotopic (exact) mass is 496 g/mol. The molecule has 0 saturated heterocycles. The Hall–Kier alpha value is -3.41. The van der Waals surface area contributed by atoms with Crippen LogP contribution >= 0.6 is 11.3 Å². The first-order valence-corrected chi connectivity index (χ1v) is 11.2. The Bertz CT molecular complexity index is 1260. The van der Waals surface area contributed by atoms with Crippen LogP contribution in [0.2, 0.25) is 0 Å². The van der Waals surface area contributed by atoms with Gasteiger partial charge in [0, 0.05) is 17.0 Å². The Morgan fingerprint density at radius 1 is 1.24 bits per heavy atom. The van der Waals surface area contributed by atoms with Gasteiger partial charge in [0.2, 0.25) is 5.43 Å². The van der Waals surface area contributed by atoms with Crippen LogP contribution < -0.4 is 16.1 Å². The molecule has 2 amide bonds. The topological polar surface area (TPSA) is 113 Å². The maximum atomic E-state index is 13.7. The lowest BCUT2D eigenvalue weighted by Gasteiger charge is -2.24. The molecule has 3 aromatic rings. The van der Waals surface area contributed by atoms with E-state index in [0.29, 0.717) is 0 Å². The number of benzene rings is 1. The van der Waals surface area contributed by atoms with E-state index >= 15 is 0 Å². The van der Waals surface area contributed by atoms with E-state index in [-0.39, 0.29) is 22.6 Å². The molecular weight excluding hydrogens is 473 g/mol. The van der Waals surface area contributed by atoms with Gasteiger partial charge in [0.05, 0.1) is 22.8 Å². The number of para-hydroxylation sites is 1. The van der Waals surface area contributed by atoms with E-state index in [9.17, 15) is 27.6 Å². The van der Waals surface area contributed by atoms with Crippen LogP contribution in [-0.4, -0.2) is 27.6 Å². The van der Waals surface area contributed by atoms with Gasteiger partial charge in [-0.1, -0.05) is 13.0 Å². The number of hydrogen-bond donors (Lipinski definition) is 3. The normalized spacial score (nSPS) is 12.9. The van der Waals surface area contributed by atoms with Crippen molar-refractivity contribution in [3.05, 3.63) is 56.8 Å². The number of pyridine rings is 1. The molecule has 0 radical (unpaired) electrons. The summed E-state index contributed by atoms with van der Waals surface area (Å²) >= 11 is 1.10. The number of halogens is 3. The molecule has 34 heavy (non-hydrogen) atoms. The third-order valence-corrected chi connectivity index (χ3v) is 5.39. The lowest BCUT2D eigenvalue weighted by molar-refractivity contribution is -0.136. The summed E-state index contributed by atoms with van der Waals surface area (Å²) in [6, 6.07) is 2.11. The van der Waals surface area contributed by atoms with Crippen molar-refractivity contribution in [3.8, 4) is 0 Å². The fraction of sp³-hybridized carbons (Fsp3) is 0.364. The highest BCUT2D eigenvalue weighted by atomic mass is 32.1. The second kappa shape index (κ2) is 9.45. The van der Waals surface area contributed by atoms with Crippen molar-refractivity contribution in [2.45, 2.75) is 51.9 Å². The van der Waals surface area contributed by atoms with Gasteiger partial charge in [0.15, 0.2) is 5.13 Å². The summed E-state index contributed by atoms with van der Waals surface area (Å²) in [5.74, 6) is -0.866. The number of alkyl carbamates (subject to hydrolysis) is 1. The van der Waals surface area contributed by atoms with Crippen LogP contribution in [0.15, 0.2) is 34.6 Å². The molecule has 182 valence electrons. The molecule has 0 aliphatic rings. The largest absolute Gasteiger partial charge is 0.444 e. The van der Waals surface area contributed by atoms with Crippen molar-refractivity contribution in [1.29, 1.82) is 0 Å². The van der Waals surface area contributed by atoms with Gasteiger partial charge >= 0.3 is 12.3 Å². The molecule has 1 aromatic carbocycles. The number of carbonyl (C=O) groups excluding carboxylic acids is 2. The molecule has 0 saturated carbocycles. The maximum Gasteiger partial charge on any atom is 0.418 e. The zero-order chi connectivity index (χ0) is 25.3. The number of aromatic amines is 1. The molecule has 0 bridgehead atoms. The van der Waals surface area contributed by atoms with E-state index in [2.05, 4.69) is 20.6 Å². The zero-order valence-electron chi connectivity index (χ0n) is 18.8. The highest BCUT2D eigenvalue weighted by Crippen LogP contribution is 2.34. The van der Waals surface area contributed by atoms with E-state index in [1.165, 1.54) is 12.3 Å². The third kappa shape index (κ3) is 5.56. The summed E-state index contributed by atoms with van der Waals surface area (Å²) < 4.78 is 46.3. The first kappa shape index (κ1) is 25.2. The molecule has 3 N–H and O–H groups in total. The van der Waals surface area contributed by atoms with Crippen LogP contribution in [0.3, 0.4) is 0 Å². The Morgan fingerprint density at radius 2 is 1.94 bits per heavy atom. The van der Waals surface area contributed by atoms with Crippen LogP contribution in [0.1, 0.15) is 61.8 Å². The van der Waals surface area contributed by atoms with Gasteiger partial charge in [0.25, 0.3) is 5.91 Å². The number of hydrogen-bond acceptors (Lipinski definition) is 6. The fourth-order valence-electron chi connectivity index (χ4n) is 3.33. The van der Waals surface area contributed by atoms with Crippen molar-refractivity contribution < 1.29 is 27.5 Å². The molecule has 0 spiro atoms. The second-order valence-corrected chi connectivity index (χ2v) is 9.26. The van der Waals surface area contributed by atoms with Crippen molar-refractivity contribution in [1.82, 2.24) is 15.3 Å². The summed E-state index contributed by atoms with van der Waals surface area (Å²) in [5, 5.41) is 6.52. The van der Waals surface area contributed by atoms with Gasteiger partial charge < -0.3 is 15.0 Å². The van der Waals surface area contributed by atoms with Crippen LogP contribution in [0.4, 0.5) is 23.1 Å². The average molecular weight is 497 g/mol. The number of H-pyrrole nitrogens is 1. The Labute approximate surface area is 196 Å². The number of carbonyl (C=O) groups is 2. The van der Waals surface area contributed by atoms with Crippen LogP contribution in [0.25, 0.3) is 10.9 Å². The number of ether oxygens (including phenoxy) is 1. The van der Waals surface area contributed by atoms with E-state index in [0.717, 1.165) is 23.5 Å². The number of nitrogens with one attached hydrogen (secondary N) is 3. The van der Waals surface area contributed by atoms with E-state index in [4.69, 9.17) is 4.74 Å². The lowest BCUT2D eigenvalue weighted by atomic mass is 9.99. The molecule has 1 atom stereocenters. The minimum atomic E-state index is -4.76. The van der Waals surface area contributed by atoms with Gasteiger partial charge in [0.1, 0.15) is 11.2 Å². The molecule has 0 aliphatic heterocycles. The number of aromatic nitrogens is 2. The SMILES string of the molecule is CCC(NC(=O)OC(C)(C)C)c1[nH]c2c(C(F)(F)F)cccc2c(=O)c1C(=O)Nc1nccs1. The maximum absolute atomic E-state index is 13.7. The van der Waals surface area contributed by atoms with Gasteiger partial charge in [-0.3, -0.25) is 14.9 Å². The van der Waals surface area contributed by atoms with Crippen LogP contribution in [-0.2, 0) is 10.9 Å². The number of rotatable bonds is 5. The van der Waals surface area contributed by atoms with Gasteiger partial charge in [-0.25, -0.2) is 9.78 Å². The lowest BCUT2D eigenvalue weighted by Crippen LogP contribution is -2.37. The first-order valence-electron chi connectivity index (χ1n) is 10.3. The van der Waals surface area contributed by atoms with Crippen molar-refractivity contribution in [3.63, 3.8) is 0 Å². The number of fused-ring (bicyclic) bond motifs is 1. The Kier molecular flexibility index (Phi) is 7.01. The molecule has 3 rings (SSSR count). The number of anilines is 1. The van der Waals surface area contributed by atoms with Crippen molar-refractivity contribution in [2.75, 3.05) is 5.32 Å². The third-order valence-electron chi connectivity index (χ3n) is 4.70. The summed E-state index contributed by atoms with van der Waals surface area (Å²) in [6.07, 6.45) is -4.02. The standard InChI is InChI=1S/C22H23F3N4O4S/c1-5-13(27-20(32)33-21(2,3)4)16-14(18(31)29-19-26-9-10-34-19)17(30)11-7-6-8-12(15(11)28-16)22(23,24)25/h6-10,13H,5H2,1-4H3,(H,27,32)(H,28,30)(H,26,29,31). The average Bonchev–Trinajstić information content (AvgIpc) is 3.22. The highest BCUT2D eigenvalue weighted by Gasteiger charge is 2.35. The van der Waals surface area contributed by atoms with Gasteiger partial charge in [-0.05, 0) is 39.3 Å². The second-order valence-electron chi connectivity index (χ2n) is 8.37. The molecule has 8 nitrogen and oxygen atoms in total. The van der Waals surface area contributed by atoms with Crippen molar-refractivity contribution >= 4 is 39.4 Å². The van der Waals surface area contributed by atoms with Crippen molar-refractivity contribution in [2.24, 2.45) is 0 Å². The van der Waals surface area contributed by atoms with E-state index in [1.54, 1.807) is 33.1 Å². The van der Waals surface area contributed by atoms with Crippen LogP contribution in [0, 0.1) is 0 Å². The molecular formula is C22H23F3N4O4S. The van der Waals surface area contributed by atoms with E-state index < -0.39 is 51.9 Å². The minimum absolute atomic E-state index is 0.145. The molecule has 0 aliphatic carbocycles. The molecule has 0 fully saturated rings. The number of alkyl halides is 3. The predicted molar refractivity (Wildman–Crippen MR) is 122 cm³/mol. The summed E-state index contributed by atoms with van der Waals surface area (Å²) in [5.41, 5.74) is -3.89. The fourth-order valence-corrected chi connectivity index (χ4v) is 3.85. The summed E-state index contributed by atoms with van der Waals surface area (Å²) in [6.45, 7) is 6.58. The van der Waals surface area contributed by atoms with E-state index in [1.807, 2.05) is 0 Å². The summed E-state index contributed by atoms with van der Waals surface area (Å²) in [7, 11) is 0. The number of thiazole rings is 1. The first-order chi connectivity index (χ1) is 15.8. The predicted octanol–water partition coefficient (Wildman–Crippen LogP) is 5.23. The molecule has 12 heteroatoms. The molecule has 2 heterocycles. The smallest absolute Gasteiger partial charge is 0.418 e. The minimum Gasteiger partial charge on any atom is -0.444 e. The highest BCUT2D eigenvalue weighted by molar-refractivity contribution is 7.13.